The molecular formula is C29H30N4O5S. The molecule has 2 atom stereocenters. The number of carboxylic acids is 1. The Morgan fingerprint density at radius 1 is 1.05 bits per heavy atom. The van der Waals surface area contributed by atoms with E-state index in [4.69, 9.17) is 15.6 Å². The van der Waals surface area contributed by atoms with Crippen LogP contribution in [0.1, 0.15) is 31.0 Å². The van der Waals surface area contributed by atoms with Gasteiger partial charge in [0.2, 0.25) is 9.84 Å². The van der Waals surface area contributed by atoms with Crippen molar-refractivity contribution in [1.82, 2.24) is 9.97 Å². The molecule has 0 aliphatic carbocycles. The molecule has 0 aliphatic heterocycles. The molecule has 2 aromatic carbocycles. The number of rotatable bonds is 11. The van der Waals surface area contributed by atoms with Crippen LogP contribution in [-0.2, 0) is 19.5 Å². The molecule has 4 N–H and O–H groups in total. The third kappa shape index (κ3) is 5.76. The van der Waals surface area contributed by atoms with Crippen molar-refractivity contribution in [3.05, 3.63) is 103 Å². The fraction of sp³-hybridized carbons (Fsp3) is 0.207. The van der Waals surface area contributed by atoms with E-state index in [1.54, 1.807) is 19.1 Å². The quantitative estimate of drug-likeness (QED) is 0.249. The number of benzene rings is 2. The van der Waals surface area contributed by atoms with Crippen LogP contribution >= 0.6 is 0 Å². The Kier molecular flexibility index (Phi) is 8.27. The van der Waals surface area contributed by atoms with Gasteiger partial charge in [0.25, 0.3) is 0 Å². The molecule has 10 heteroatoms. The number of carbonyl (C=O) groups is 1. The van der Waals surface area contributed by atoms with E-state index in [-0.39, 0.29) is 23.0 Å². The fourth-order valence-corrected chi connectivity index (χ4v) is 6.19. The van der Waals surface area contributed by atoms with Crippen molar-refractivity contribution in [2.24, 2.45) is 5.73 Å². The van der Waals surface area contributed by atoms with Crippen molar-refractivity contribution in [2.45, 2.75) is 29.5 Å². The van der Waals surface area contributed by atoms with E-state index in [9.17, 15) is 13.2 Å². The number of aromatic nitrogens is 2. The molecule has 2 aromatic heterocycles. The average Bonchev–Trinajstić information content (AvgIpc) is 2.96. The van der Waals surface area contributed by atoms with E-state index < -0.39 is 26.6 Å². The Morgan fingerprint density at radius 3 is 2.46 bits per heavy atom. The van der Waals surface area contributed by atoms with Crippen LogP contribution in [0.15, 0.2) is 96.2 Å². The summed E-state index contributed by atoms with van der Waals surface area (Å²) >= 11 is 0. The van der Waals surface area contributed by atoms with Gasteiger partial charge in [-0.2, -0.15) is 0 Å². The van der Waals surface area contributed by atoms with Crippen LogP contribution in [0.2, 0.25) is 0 Å². The maximum Gasteiger partial charge on any atom is 0.322 e. The van der Waals surface area contributed by atoms with Crippen LogP contribution in [-0.4, -0.2) is 42.6 Å². The molecule has 0 spiro atoms. The Morgan fingerprint density at radius 2 is 1.79 bits per heavy atom. The number of pyridine rings is 2. The third-order valence-corrected chi connectivity index (χ3v) is 8.81. The van der Waals surface area contributed by atoms with Gasteiger partial charge in [0.05, 0.1) is 17.2 Å². The molecular weight excluding hydrogens is 516 g/mol. The minimum Gasteiger partial charge on any atom is -0.494 e. The van der Waals surface area contributed by atoms with Crippen molar-refractivity contribution in [1.29, 1.82) is 0 Å². The molecule has 0 fully saturated rings. The van der Waals surface area contributed by atoms with Crippen molar-refractivity contribution in [2.75, 3.05) is 18.5 Å². The fourth-order valence-electron chi connectivity index (χ4n) is 4.35. The maximum atomic E-state index is 14.1. The number of nitrogens with zero attached hydrogens (tertiary/aromatic N) is 2. The summed E-state index contributed by atoms with van der Waals surface area (Å²) in [6.07, 6.45) is 2.74. The molecule has 2 unspecified atom stereocenters. The van der Waals surface area contributed by atoms with Gasteiger partial charge in [0, 0.05) is 18.3 Å². The number of carboxylic acid groups (broad SMARTS) is 1. The normalized spacial score (nSPS) is 13.7. The Hall–Kier alpha value is -4.28. The largest absolute Gasteiger partial charge is 0.494 e. The first-order valence-corrected chi connectivity index (χ1v) is 13.8. The molecule has 0 saturated carbocycles. The summed E-state index contributed by atoms with van der Waals surface area (Å²) in [5.74, 6) is -0.875. The average molecular weight is 547 g/mol. The van der Waals surface area contributed by atoms with Gasteiger partial charge >= 0.3 is 5.97 Å². The lowest BCUT2D eigenvalue weighted by Crippen LogP contribution is -2.49. The first-order valence-electron chi connectivity index (χ1n) is 12.4. The van der Waals surface area contributed by atoms with E-state index in [1.165, 1.54) is 30.6 Å². The number of sulfone groups is 1. The highest BCUT2D eigenvalue weighted by Gasteiger charge is 2.49. The number of nitrogens with two attached hydrogens (primary N) is 1. The standard InChI is InChI=1S/C29H30N4O5S/c1-3-38-24-8-4-7-23(17-24)22-14-12-21(13-15-22)20(2)29(30,39(36,37)25-9-6-16-31-18-25)26-10-5-11-27(33-26)32-19-28(34)35/h4-18,20H,3,19,30H2,1-2H3,(H,32,33)(H,34,35). The van der Waals surface area contributed by atoms with E-state index in [0.717, 1.165) is 16.9 Å². The summed E-state index contributed by atoms with van der Waals surface area (Å²) in [6, 6.07) is 22.9. The van der Waals surface area contributed by atoms with E-state index >= 15 is 0 Å². The summed E-state index contributed by atoms with van der Waals surface area (Å²) in [7, 11) is -4.23. The summed E-state index contributed by atoms with van der Waals surface area (Å²) in [6.45, 7) is 3.84. The number of anilines is 1. The first-order chi connectivity index (χ1) is 18.7. The summed E-state index contributed by atoms with van der Waals surface area (Å²) in [5, 5.41) is 11.7. The predicted octanol–water partition coefficient (Wildman–Crippen LogP) is 4.43. The number of nitrogens with one attached hydrogen (secondary N) is 1. The molecule has 4 rings (SSSR count). The van der Waals surface area contributed by atoms with Crippen molar-refractivity contribution in [3.63, 3.8) is 0 Å². The van der Waals surface area contributed by atoms with Gasteiger partial charge in [-0.15, -0.1) is 0 Å². The van der Waals surface area contributed by atoms with E-state index in [1.807, 2.05) is 55.5 Å². The van der Waals surface area contributed by atoms with E-state index in [2.05, 4.69) is 15.3 Å². The minimum absolute atomic E-state index is 0.0468. The second-order valence-corrected chi connectivity index (χ2v) is 11.1. The third-order valence-electron chi connectivity index (χ3n) is 6.49. The summed E-state index contributed by atoms with van der Waals surface area (Å²) in [5.41, 5.74) is 9.54. The molecule has 4 aromatic rings. The molecule has 9 nitrogen and oxygen atoms in total. The van der Waals surface area contributed by atoms with Crippen LogP contribution < -0.4 is 15.8 Å². The first kappa shape index (κ1) is 27.7. The molecule has 2 heterocycles. The van der Waals surface area contributed by atoms with Gasteiger partial charge < -0.3 is 20.9 Å². The van der Waals surface area contributed by atoms with Crippen LogP contribution in [0, 0.1) is 0 Å². The topological polar surface area (TPSA) is 144 Å². The maximum absolute atomic E-state index is 14.1. The lowest BCUT2D eigenvalue weighted by atomic mass is 9.89. The monoisotopic (exact) mass is 546 g/mol. The Bertz CT molecular complexity index is 1550. The van der Waals surface area contributed by atoms with Crippen LogP contribution in [0.4, 0.5) is 5.82 Å². The molecule has 0 bridgehead atoms. The van der Waals surface area contributed by atoms with Crippen molar-refractivity contribution < 1.29 is 23.1 Å². The van der Waals surface area contributed by atoms with Crippen LogP contribution in [0.5, 0.6) is 5.75 Å². The predicted molar refractivity (Wildman–Crippen MR) is 149 cm³/mol. The molecule has 0 saturated heterocycles. The SMILES string of the molecule is CCOc1cccc(-c2ccc(C(C)C(N)(c3cccc(NCC(=O)O)n3)S(=O)(=O)c3cccnc3)cc2)c1. The zero-order chi connectivity index (χ0) is 28.0. The number of hydrogen-bond donors (Lipinski definition) is 3. The van der Waals surface area contributed by atoms with Crippen molar-refractivity contribution in [3.8, 4) is 16.9 Å². The van der Waals surface area contributed by atoms with Crippen molar-refractivity contribution >= 4 is 21.6 Å². The van der Waals surface area contributed by atoms with Gasteiger partial charge in [0.1, 0.15) is 18.1 Å². The lowest BCUT2D eigenvalue weighted by molar-refractivity contribution is -0.134. The summed E-state index contributed by atoms with van der Waals surface area (Å²) in [4.78, 5) is 17.4. The van der Waals surface area contributed by atoms with E-state index in [0.29, 0.717) is 12.2 Å². The van der Waals surface area contributed by atoms with Crippen LogP contribution in [0.3, 0.4) is 0 Å². The van der Waals surface area contributed by atoms with Gasteiger partial charge in [-0.05, 0) is 60.0 Å². The molecule has 202 valence electrons. The van der Waals surface area contributed by atoms with Crippen LogP contribution in [0.25, 0.3) is 11.1 Å². The minimum atomic E-state index is -4.23. The Labute approximate surface area is 227 Å². The number of ether oxygens (including phenoxy) is 1. The number of hydrogen-bond acceptors (Lipinski definition) is 8. The number of aliphatic carboxylic acids is 1. The second kappa shape index (κ2) is 11.6. The molecule has 0 radical (unpaired) electrons. The van der Waals surface area contributed by atoms with Gasteiger partial charge in [0.15, 0.2) is 4.87 Å². The highest BCUT2D eigenvalue weighted by atomic mass is 32.2. The highest BCUT2D eigenvalue weighted by molar-refractivity contribution is 7.92. The Balaban J connectivity index is 1.78. The second-order valence-electron chi connectivity index (χ2n) is 8.95. The molecule has 39 heavy (non-hydrogen) atoms. The molecule has 0 amide bonds. The summed E-state index contributed by atoms with van der Waals surface area (Å²) < 4.78 is 33.8. The van der Waals surface area contributed by atoms with Gasteiger partial charge in [-0.1, -0.05) is 49.4 Å². The lowest BCUT2D eigenvalue weighted by Gasteiger charge is -2.35. The smallest absolute Gasteiger partial charge is 0.322 e. The van der Waals surface area contributed by atoms with Gasteiger partial charge in [-0.25, -0.2) is 13.4 Å². The zero-order valence-electron chi connectivity index (χ0n) is 21.6. The highest BCUT2D eigenvalue weighted by Crippen LogP contribution is 2.42. The zero-order valence-corrected chi connectivity index (χ0v) is 22.4. The molecule has 0 aliphatic rings. The van der Waals surface area contributed by atoms with Gasteiger partial charge in [-0.3, -0.25) is 9.78 Å².